The quantitative estimate of drug-likeness (QED) is 0.543. The van der Waals surface area contributed by atoms with Gasteiger partial charge < -0.3 is 0 Å². The summed E-state index contributed by atoms with van der Waals surface area (Å²) in [6.07, 6.45) is 1.07. The van der Waals surface area contributed by atoms with E-state index < -0.39 is 0 Å². The van der Waals surface area contributed by atoms with E-state index >= 15 is 0 Å². The molecule has 26 heavy (non-hydrogen) atoms. The fourth-order valence-corrected chi connectivity index (χ4v) is 4.32. The molecule has 0 N–H and O–H groups in total. The van der Waals surface area contributed by atoms with Crippen molar-refractivity contribution in [1.29, 1.82) is 5.26 Å². The molecule has 3 rings (SSSR count). The van der Waals surface area contributed by atoms with Crippen LogP contribution in [0.2, 0.25) is 5.02 Å². The van der Waals surface area contributed by atoms with Crippen LogP contribution in [0.4, 0.5) is 0 Å². The zero-order valence-corrected chi connectivity index (χ0v) is 16.6. The molecule has 0 fully saturated rings. The minimum absolute atomic E-state index is 0.0223. The zero-order chi connectivity index (χ0) is 18.8. The molecule has 0 saturated heterocycles. The average molecular weight is 386 g/mol. The van der Waals surface area contributed by atoms with Crippen LogP contribution in [0.5, 0.6) is 0 Å². The van der Waals surface area contributed by atoms with E-state index in [4.69, 9.17) is 21.8 Å². The van der Waals surface area contributed by atoms with Crippen molar-refractivity contribution in [2.45, 2.75) is 46.1 Å². The number of rotatable bonds is 5. The Morgan fingerprint density at radius 1 is 1.31 bits per heavy atom. The highest BCUT2D eigenvalue weighted by Crippen LogP contribution is 2.36. The van der Waals surface area contributed by atoms with Crippen LogP contribution in [-0.2, 0) is 6.54 Å². The van der Waals surface area contributed by atoms with Gasteiger partial charge in [0.2, 0.25) is 0 Å². The van der Waals surface area contributed by atoms with Gasteiger partial charge in [0.15, 0.2) is 0 Å². The number of nitrogens with zero attached hydrogens (tertiary/aromatic N) is 3. The molecular formula is C20H20ClN3OS. The van der Waals surface area contributed by atoms with Crippen LogP contribution in [0, 0.1) is 18.3 Å². The molecule has 0 spiro atoms. The largest absolute Gasteiger partial charge is 0.296 e. The monoisotopic (exact) mass is 385 g/mol. The number of hydrogen-bond donors (Lipinski definition) is 0. The standard InChI is InChI=1S/C20H20ClN3OS/c1-12(2)18-23-19-17(20(25)24(18)11-5-4-10-22)16(13(3)26-19)14-6-8-15(21)9-7-14/h6-9,12H,4-5,11H2,1-3H3. The Balaban J connectivity index is 2.27. The number of hydrogen-bond acceptors (Lipinski definition) is 4. The number of aromatic nitrogens is 2. The highest BCUT2D eigenvalue weighted by Gasteiger charge is 2.20. The molecule has 134 valence electrons. The van der Waals surface area contributed by atoms with Crippen molar-refractivity contribution in [2.24, 2.45) is 0 Å². The lowest BCUT2D eigenvalue weighted by molar-refractivity contribution is 0.568. The summed E-state index contributed by atoms with van der Waals surface area (Å²) in [5, 5.41) is 10.2. The summed E-state index contributed by atoms with van der Waals surface area (Å²) in [6.45, 7) is 6.60. The Labute approximate surface area is 161 Å². The second-order valence-electron chi connectivity index (χ2n) is 6.56. The molecule has 2 aromatic heterocycles. The Bertz CT molecular complexity index is 1040. The minimum Gasteiger partial charge on any atom is -0.296 e. The van der Waals surface area contributed by atoms with Crippen molar-refractivity contribution in [3.05, 3.63) is 50.3 Å². The molecule has 0 aliphatic heterocycles. The van der Waals surface area contributed by atoms with E-state index in [1.807, 2.05) is 45.0 Å². The second-order valence-corrected chi connectivity index (χ2v) is 8.20. The van der Waals surface area contributed by atoms with Gasteiger partial charge in [-0.15, -0.1) is 11.3 Å². The Morgan fingerprint density at radius 3 is 2.62 bits per heavy atom. The van der Waals surface area contributed by atoms with Crippen LogP contribution in [0.1, 0.15) is 43.3 Å². The molecule has 0 unspecified atom stereocenters. The third-order valence-corrected chi connectivity index (χ3v) is 5.59. The first-order chi connectivity index (χ1) is 12.4. The first kappa shape index (κ1) is 18.6. The number of benzene rings is 1. The summed E-state index contributed by atoms with van der Waals surface area (Å²) >= 11 is 7.56. The molecule has 4 nitrogen and oxygen atoms in total. The third kappa shape index (κ3) is 3.40. The smallest absolute Gasteiger partial charge is 0.262 e. The zero-order valence-electron chi connectivity index (χ0n) is 15.0. The van der Waals surface area contributed by atoms with Crippen molar-refractivity contribution in [3.8, 4) is 17.2 Å². The van der Waals surface area contributed by atoms with Gasteiger partial charge in [0, 0.05) is 34.3 Å². The number of unbranched alkanes of at least 4 members (excludes halogenated alkanes) is 1. The lowest BCUT2D eigenvalue weighted by Gasteiger charge is -2.14. The summed E-state index contributed by atoms with van der Waals surface area (Å²) in [4.78, 5) is 20.0. The lowest BCUT2D eigenvalue weighted by Crippen LogP contribution is -2.26. The first-order valence-corrected chi connectivity index (χ1v) is 9.80. The van der Waals surface area contributed by atoms with Gasteiger partial charge in [-0.25, -0.2) is 4.98 Å². The maximum absolute atomic E-state index is 13.3. The first-order valence-electron chi connectivity index (χ1n) is 8.60. The maximum atomic E-state index is 13.3. The van der Waals surface area contributed by atoms with Gasteiger partial charge in [-0.3, -0.25) is 9.36 Å². The number of fused-ring (bicyclic) bond motifs is 1. The number of nitriles is 1. The van der Waals surface area contributed by atoms with Crippen LogP contribution in [0.25, 0.3) is 21.3 Å². The predicted molar refractivity (Wildman–Crippen MR) is 108 cm³/mol. The van der Waals surface area contributed by atoms with Gasteiger partial charge in [0.1, 0.15) is 10.7 Å². The van der Waals surface area contributed by atoms with Crippen molar-refractivity contribution < 1.29 is 0 Å². The summed E-state index contributed by atoms with van der Waals surface area (Å²) < 4.78 is 1.75. The van der Waals surface area contributed by atoms with Crippen LogP contribution >= 0.6 is 22.9 Å². The number of aryl methyl sites for hydroxylation is 1. The van der Waals surface area contributed by atoms with Crippen molar-refractivity contribution in [3.63, 3.8) is 0 Å². The molecule has 0 amide bonds. The van der Waals surface area contributed by atoms with Crippen LogP contribution in [0.15, 0.2) is 29.1 Å². The molecule has 3 aromatic rings. The molecule has 0 atom stereocenters. The molecule has 6 heteroatoms. The molecule has 2 heterocycles. The highest BCUT2D eigenvalue weighted by molar-refractivity contribution is 7.19. The van der Waals surface area contributed by atoms with Gasteiger partial charge in [-0.1, -0.05) is 37.6 Å². The summed E-state index contributed by atoms with van der Waals surface area (Å²) in [5.41, 5.74) is 1.88. The van der Waals surface area contributed by atoms with Gasteiger partial charge in [-0.2, -0.15) is 5.26 Å². The molecule has 0 aliphatic carbocycles. The Kier molecular flexibility index (Phi) is 5.45. The molecule has 0 radical (unpaired) electrons. The highest BCUT2D eigenvalue weighted by atomic mass is 35.5. The normalized spacial score (nSPS) is 11.2. The van der Waals surface area contributed by atoms with Crippen LogP contribution in [0.3, 0.4) is 0 Å². The summed E-state index contributed by atoms with van der Waals surface area (Å²) in [6, 6.07) is 9.69. The Hall–Kier alpha value is -2.16. The van der Waals surface area contributed by atoms with Gasteiger partial charge in [-0.05, 0) is 31.0 Å². The molecule has 0 bridgehead atoms. The van der Waals surface area contributed by atoms with E-state index in [2.05, 4.69) is 6.07 Å². The van der Waals surface area contributed by atoms with Crippen molar-refractivity contribution in [2.75, 3.05) is 0 Å². The minimum atomic E-state index is -0.0223. The van der Waals surface area contributed by atoms with Gasteiger partial charge >= 0.3 is 0 Å². The van der Waals surface area contributed by atoms with Crippen LogP contribution in [-0.4, -0.2) is 9.55 Å². The van der Waals surface area contributed by atoms with E-state index in [0.29, 0.717) is 29.8 Å². The van der Waals surface area contributed by atoms with E-state index in [1.54, 1.807) is 15.9 Å². The summed E-state index contributed by atoms with van der Waals surface area (Å²) in [7, 11) is 0. The third-order valence-electron chi connectivity index (χ3n) is 4.34. The van der Waals surface area contributed by atoms with E-state index in [9.17, 15) is 4.79 Å². The van der Waals surface area contributed by atoms with Gasteiger partial charge in [0.05, 0.1) is 11.5 Å². The van der Waals surface area contributed by atoms with Crippen molar-refractivity contribution >= 4 is 33.2 Å². The van der Waals surface area contributed by atoms with E-state index in [-0.39, 0.29) is 11.5 Å². The average Bonchev–Trinajstić information content (AvgIpc) is 2.94. The Morgan fingerprint density at radius 2 is 2.00 bits per heavy atom. The van der Waals surface area contributed by atoms with Gasteiger partial charge in [0.25, 0.3) is 5.56 Å². The lowest BCUT2D eigenvalue weighted by atomic mass is 10.0. The maximum Gasteiger partial charge on any atom is 0.262 e. The molecule has 0 saturated carbocycles. The van der Waals surface area contributed by atoms with Crippen LogP contribution < -0.4 is 5.56 Å². The predicted octanol–water partition coefficient (Wildman–Crippen LogP) is 5.51. The SMILES string of the molecule is Cc1sc2nc(C(C)C)n(CCCC#N)c(=O)c2c1-c1ccc(Cl)cc1. The fourth-order valence-electron chi connectivity index (χ4n) is 3.15. The van der Waals surface area contributed by atoms with E-state index in [1.165, 1.54) is 0 Å². The summed E-state index contributed by atoms with van der Waals surface area (Å²) in [5.74, 6) is 0.917. The fraction of sp³-hybridized carbons (Fsp3) is 0.350. The molecular weight excluding hydrogens is 366 g/mol. The number of halogens is 1. The van der Waals surface area contributed by atoms with E-state index in [0.717, 1.165) is 26.7 Å². The second kappa shape index (κ2) is 7.61. The molecule has 0 aliphatic rings. The molecule has 1 aromatic carbocycles. The van der Waals surface area contributed by atoms with Crippen molar-refractivity contribution in [1.82, 2.24) is 9.55 Å². The number of thiophene rings is 1. The topological polar surface area (TPSA) is 58.7 Å².